The third-order valence-electron chi connectivity index (χ3n) is 4.35. The minimum atomic E-state index is -1.23. The fourth-order valence-corrected chi connectivity index (χ4v) is 2.78. The molecule has 0 heterocycles. The second kappa shape index (κ2) is 19.5. The number of nitrogens with zero attached hydrogens (tertiary/aromatic N) is 1. The maximum absolute atomic E-state index is 9.14. The van der Waals surface area contributed by atoms with Gasteiger partial charge in [-0.15, -0.1) is 0 Å². The summed E-state index contributed by atoms with van der Waals surface area (Å²) in [5.74, 6) is -1.23. The van der Waals surface area contributed by atoms with Crippen molar-refractivity contribution in [2.45, 2.75) is 96.8 Å². The van der Waals surface area contributed by atoms with E-state index in [-0.39, 0.29) is 0 Å². The quantitative estimate of drug-likeness (QED) is 0.220. The Kier molecular flexibility index (Phi) is 20.6. The smallest absolute Gasteiger partial charge is 0.0780 e. The largest absolute Gasteiger partial charge is 0.545 e. The van der Waals surface area contributed by atoms with E-state index in [1.54, 1.807) is 0 Å². The summed E-state index contributed by atoms with van der Waals surface area (Å²) >= 11 is 0. The molecule has 0 amide bonds. The molecule has 0 aromatic carbocycles. The Balaban J connectivity index is 0. The van der Waals surface area contributed by atoms with Crippen LogP contribution < -0.4 is 5.11 Å². The summed E-state index contributed by atoms with van der Waals surface area (Å²) in [6.45, 7) is 6.52. The lowest BCUT2D eigenvalue weighted by atomic mass is 10.0. The van der Waals surface area contributed by atoms with Gasteiger partial charge in [-0.05, 0) is 18.9 Å². The second-order valence-corrected chi connectivity index (χ2v) is 8.13. The van der Waals surface area contributed by atoms with Crippen LogP contribution in [0.3, 0.4) is 0 Å². The number of carboxylic acid groups (broad SMARTS) is 1. The Morgan fingerprint density at radius 1 is 0.760 bits per heavy atom. The molecule has 0 aromatic heterocycles. The Hall–Kier alpha value is -0.830. The molecular weight excluding hydrogens is 310 g/mol. The van der Waals surface area contributed by atoms with Crippen LogP contribution in [0.5, 0.6) is 0 Å². The van der Waals surface area contributed by atoms with Gasteiger partial charge in [0.15, 0.2) is 0 Å². The van der Waals surface area contributed by atoms with Gasteiger partial charge in [0.25, 0.3) is 0 Å². The zero-order valence-electron chi connectivity index (χ0n) is 17.7. The fraction of sp³-hybridized carbons (Fsp3) is 0.864. The highest BCUT2D eigenvalue weighted by Gasteiger charge is 2.04. The molecular formula is C22H45NO2. The van der Waals surface area contributed by atoms with Crippen molar-refractivity contribution in [1.29, 1.82) is 0 Å². The Bertz CT molecular complexity index is 295. The van der Waals surface area contributed by atoms with Gasteiger partial charge in [-0.1, -0.05) is 90.6 Å². The first kappa shape index (κ1) is 26.4. The van der Waals surface area contributed by atoms with E-state index < -0.39 is 5.97 Å². The first-order valence-electron chi connectivity index (χ1n) is 10.5. The fourth-order valence-electron chi connectivity index (χ4n) is 2.78. The highest BCUT2D eigenvalue weighted by Crippen LogP contribution is 2.13. The van der Waals surface area contributed by atoms with Gasteiger partial charge in [-0.25, -0.2) is 0 Å². The molecule has 0 saturated heterocycles. The minimum Gasteiger partial charge on any atom is -0.545 e. The maximum Gasteiger partial charge on any atom is 0.0780 e. The van der Waals surface area contributed by atoms with Crippen LogP contribution in [-0.4, -0.2) is 38.1 Å². The highest BCUT2D eigenvalue weighted by molar-refractivity contribution is 5.76. The molecule has 0 aromatic rings. The Morgan fingerprint density at radius 2 is 1.04 bits per heavy atom. The van der Waals surface area contributed by atoms with Crippen LogP contribution in [-0.2, 0) is 4.79 Å². The number of unbranched alkanes of at least 4 members (excludes halogenated alkanes) is 13. The van der Waals surface area contributed by atoms with Gasteiger partial charge in [0.2, 0.25) is 0 Å². The summed E-state index contributed by atoms with van der Waals surface area (Å²) in [7, 11) is 6.88. The lowest BCUT2D eigenvalue weighted by Crippen LogP contribution is -2.35. The van der Waals surface area contributed by atoms with Crippen molar-refractivity contribution in [1.82, 2.24) is 0 Å². The summed E-state index contributed by atoms with van der Waals surface area (Å²) in [5, 5.41) is 9.14. The summed E-state index contributed by atoms with van der Waals surface area (Å²) < 4.78 is 1.12. The van der Waals surface area contributed by atoms with Crippen LogP contribution in [0.4, 0.5) is 0 Å². The third-order valence-corrected chi connectivity index (χ3v) is 4.35. The van der Waals surface area contributed by atoms with E-state index in [1.807, 2.05) is 0 Å². The molecule has 3 heteroatoms. The van der Waals surface area contributed by atoms with Crippen molar-refractivity contribution >= 4 is 5.97 Å². The van der Waals surface area contributed by atoms with Gasteiger partial charge < -0.3 is 14.4 Å². The highest BCUT2D eigenvalue weighted by atomic mass is 16.4. The number of quaternary nitrogens is 1. The van der Waals surface area contributed by atoms with Crippen LogP contribution in [0.15, 0.2) is 12.7 Å². The van der Waals surface area contributed by atoms with E-state index in [1.165, 1.54) is 96.4 Å². The van der Waals surface area contributed by atoms with E-state index in [2.05, 4.69) is 34.6 Å². The number of aliphatic carboxylic acids is 1. The normalized spacial score (nSPS) is 10.9. The number of carboxylic acids is 1. The van der Waals surface area contributed by atoms with E-state index in [9.17, 15) is 0 Å². The standard InChI is InChI=1S/C19H42N.C3H4O2/c1-5-6-7-8-9-10-11-12-13-14-15-16-17-18-19-20(2,3)4;1-2-3(4)5/h5-19H2,1-4H3;2H,1H2,(H,4,5)/q+1;/p-1. The van der Waals surface area contributed by atoms with Crippen molar-refractivity contribution in [3.8, 4) is 0 Å². The molecule has 0 bridgehead atoms. The SMILES string of the molecule is C=CC(=O)[O-].CCCCCCCCCCCCCCCC[N+](C)(C)C. The Morgan fingerprint density at radius 3 is 1.28 bits per heavy atom. The topological polar surface area (TPSA) is 40.1 Å². The molecule has 0 fully saturated rings. The lowest BCUT2D eigenvalue weighted by Gasteiger charge is -2.23. The number of carbonyl (C=O) groups is 1. The molecule has 0 atom stereocenters. The molecule has 0 radical (unpaired) electrons. The average Bonchev–Trinajstić information content (AvgIpc) is 2.54. The van der Waals surface area contributed by atoms with E-state index in [0.29, 0.717) is 0 Å². The molecule has 0 unspecified atom stereocenters. The van der Waals surface area contributed by atoms with Gasteiger partial charge in [-0.2, -0.15) is 0 Å². The number of rotatable bonds is 16. The lowest BCUT2D eigenvalue weighted by molar-refractivity contribution is -0.870. The molecule has 0 aliphatic heterocycles. The molecule has 0 spiro atoms. The summed E-state index contributed by atoms with van der Waals surface area (Å²) in [6.07, 6.45) is 21.1. The van der Waals surface area contributed by atoms with Gasteiger partial charge in [-0.3, -0.25) is 0 Å². The Labute approximate surface area is 158 Å². The number of hydrogen-bond donors (Lipinski definition) is 0. The van der Waals surface area contributed by atoms with Crippen molar-refractivity contribution in [2.24, 2.45) is 0 Å². The summed E-state index contributed by atoms with van der Waals surface area (Å²) in [5.41, 5.74) is 0. The van der Waals surface area contributed by atoms with Crippen LogP contribution in [0.1, 0.15) is 96.8 Å². The first-order valence-corrected chi connectivity index (χ1v) is 10.5. The molecule has 0 aliphatic rings. The molecule has 150 valence electrons. The van der Waals surface area contributed by atoms with Crippen molar-refractivity contribution in [2.75, 3.05) is 27.7 Å². The van der Waals surface area contributed by atoms with Crippen molar-refractivity contribution < 1.29 is 14.4 Å². The molecule has 0 saturated carbocycles. The number of carbonyl (C=O) groups excluding carboxylic acids is 1. The van der Waals surface area contributed by atoms with Crippen LogP contribution in [0.2, 0.25) is 0 Å². The molecule has 0 N–H and O–H groups in total. The zero-order valence-corrected chi connectivity index (χ0v) is 17.7. The molecule has 3 nitrogen and oxygen atoms in total. The predicted octanol–water partition coefficient (Wildman–Crippen LogP) is 5.10. The van der Waals surface area contributed by atoms with Gasteiger partial charge in [0.05, 0.1) is 33.7 Å². The number of hydrogen-bond acceptors (Lipinski definition) is 2. The summed E-state index contributed by atoms with van der Waals surface area (Å²) in [4.78, 5) is 9.14. The van der Waals surface area contributed by atoms with Gasteiger partial charge in [0, 0.05) is 0 Å². The zero-order chi connectivity index (χ0) is 19.4. The minimum absolute atomic E-state index is 0.722. The third kappa shape index (κ3) is 31.5. The average molecular weight is 356 g/mol. The van der Waals surface area contributed by atoms with Gasteiger partial charge in [0.1, 0.15) is 0 Å². The first-order chi connectivity index (χ1) is 11.8. The molecule has 0 rings (SSSR count). The maximum atomic E-state index is 9.14. The molecule has 25 heavy (non-hydrogen) atoms. The van der Waals surface area contributed by atoms with E-state index in [0.717, 1.165) is 10.6 Å². The van der Waals surface area contributed by atoms with Crippen LogP contribution in [0.25, 0.3) is 0 Å². The monoisotopic (exact) mass is 355 g/mol. The van der Waals surface area contributed by atoms with Crippen molar-refractivity contribution in [3.05, 3.63) is 12.7 Å². The van der Waals surface area contributed by atoms with E-state index in [4.69, 9.17) is 9.90 Å². The second-order valence-electron chi connectivity index (χ2n) is 8.13. The molecule has 0 aliphatic carbocycles. The van der Waals surface area contributed by atoms with Crippen molar-refractivity contribution in [3.63, 3.8) is 0 Å². The van der Waals surface area contributed by atoms with E-state index >= 15 is 0 Å². The predicted molar refractivity (Wildman–Crippen MR) is 108 cm³/mol. The summed E-state index contributed by atoms with van der Waals surface area (Å²) in [6, 6.07) is 0. The van der Waals surface area contributed by atoms with Crippen LogP contribution >= 0.6 is 0 Å². The van der Waals surface area contributed by atoms with Crippen LogP contribution in [0, 0.1) is 0 Å². The van der Waals surface area contributed by atoms with Gasteiger partial charge >= 0.3 is 0 Å².